The highest BCUT2D eigenvalue weighted by Gasteiger charge is 2.35. The molecule has 0 spiro atoms. The quantitative estimate of drug-likeness (QED) is 0.480. The number of carbonyl (C=O) groups excluding carboxylic acids is 1. The van der Waals surface area contributed by atoms with Gasteiger partial charge in [0.2, 0.25) is 5.91 Å². The van der Waals surface area contributed by atoms with Crippen LogP contribution < -0.4 is 5.32 Å². The van der Waals surface area contributed by atoms with Gasteiger partial charge < -0.3 is 5.32 Å². The van der Waals surface area contributed by atoms with E-state index in [0.717, 1.165) is 12.1 Å². The van der Waals surface area contributed by atoms with E-state index < -0.39 is 29.3 Å². The number of nitrogens with one attached hydrogen (secondary N) is 1. The van der Waals surface area contributed by atoms with E-state index in [1.165, 1.54) is 30.0 Å². The monoisotopic (exact) mass is 415 g/mol. The van der Waals surface area contributed by atoms with E-state index in [1.54, 1.807) is 19.2 Å². The van der Waals surface area contributed by atoms with Crippen molar-refractivity contribution in [1.82, 2.24) is 9.97 Å². The molecule has 1 N–H and O–H groups in total. The number of benzene rings is 2. The third kappa shape index (κ3) is 3.48. The highest BCUT2D eigenvalue weighted by atomic mass is 32.2. The number of amides is 1. The molecule has 0 aliphatic carbocycles. The molecule has 0 saturated carbocycles. The van der Waals surface area contributed by atoms with Crippen LogP contribution in [0.4, 0.5) is 19.0 Å². The molecule has 2 heterocycles. The van der Waals surface area contributed by atoms with E-state index in [9.17, 15) is 18.0 Å². The third-order valence-electron chi connectivity index (χ3n) is 4.90. The molecule has 2 aromatic carbocycles. The summed E-state index contributed by atoms with van der Waals surface area (Å²) in [5.74, 6) is -2.97. The summed E-state index contributed by atoms with van der Waals surface area (Å²) in [6.45, 7) is 1.73. The Balaban J connectivity index is 2.04. The van der Waals surface area contributed by atoms with E-state index in [0.29, 0.717) is 27.5 Å². The molecule has 148 valence electrons. The molecule has 1 aliphatic heterocycles. The maximum absolute atomic E-state index is 14.6. The number of hydrogen-bond acceptors (Lipinski definition) is 4. The van der Waals surface area contributed by atoms with Crippen LogP contribution in [-0.2, 0) is 4.79 Å². The Labute approximate surface area is 169 Å². The standard InChI is InChI=1S/C21H16F3N3OS/c1-10-8-11(22)6-7-12(10)19-18-13(17-14(23)4-3-5-15(17)24)9-16(28)25-20(18)27-21(26-19)29-2/h3-8,13H,9H2,1-2H3,(H,25,26,27,28). The van der Waals surface area contributed by atoms with Crippen LogP contribution >= 0.6 is 11.8 Å². The molecule has 1 atom stereocenters. The minimum absolute atomic E-state index is 0.153. The molecule has 0 saturated heterocycles. The van der Waals surface area contributed by atoms with Crippen LogP contribution in [0.2, 0.25) is 0 Å². The minimum Gasteiger partial charge on any atom is -0.310 e. The number of fused-ring (bicyclic) bond motifs is 1. The Morgan fingerprint density at radius 1 is 1.07 bits per heavy atom. The maximum Gasteiger partial charge on any atom is 0.226 e. The maximum atomic E-state index is 14.6. The molecule has 0 bridgehead atoms. The molecular weight excluding hydrogens is 399 g/mol. The van der Waals surface area contributed by atoms with Crippen LogP contribution in [0.25, 0.3) is 11.3 Å². The van der Waals surface area contributed by atoms with Gasteiger partial charge in [-0.3, -0.25) is 4.79 Å². The number of thioether (sulfide) groups is 1. The van der Waals surface area contributed by atoms with Crippen molar-refractivity contribution in [3.8, 4) is 11.3 Å². The van der Waals surface area contributed by atoms with Crippen molar-refractivity contribution >= 4 is 23.5 Å². The number of halogens is 3. The molecule has 4 nitrogen and oxygen atoms in total. The fraction of sp³-hybridized carbons (Fsp3) is 0.190. The fourth-order valence-electron chi connectivity index (χ4n) is 3.62. The summed E-state index contributed by atoms with van der Waals surface area (Å²) >= 11 is 1.27. The molecule has 1 aromatic heterocycles. The van der Waals surface area contributed by atoms with Crippen molar-refractivity contribution in [2.24, 2.45) is 0 Å². The number of nitrogens with zero attached hydrogens (tertiary/aromatic N) is 2. The van der Waals surface area contributed by atoms with Gasteiger partial charge in [0.05, 0.1) is 5.69 Å². The van der Waals surface area contributed by atoms with Crippen molar-refractivity contribution in [2.45, 2.75) is 24.4 Å². The first-order valence-electron chi connectivity index (χ1n) is 8.85. The van der Waals surface area contributed by atoms with Crippen LogP contribution in [0.1, 0.15) is 29.0 Å². The van der Waals surface area contributed by atoms with Gasteiger partial charge in [0.1, 0.15) is 23.3 Å². The van der Waals surface area contributed by atoms with Crippen molar-refractivity contribution in [3.63, 3.8) is 0 Å². The highest BCUT2D eigenvalue weighted by molar-refractivity contribution is 7.98. The van der Waals surface area contributed by atoms with Gasteiger partial charge in [0, 0.05) is 29.0 Å². The number of rotatable bonds is 3. The first kappa shape index (κ1) is 19.4. The SMILES string of the molecule is CSc1nc2c(c(-c3ccc(F)cc3C)n1)C(c1c(F)cccc1F)CC(=O)N2. The predicted molar refractivity (Wildman–Crippen MR) is 105 cm³/mol. The second-order valence-corrected chi connectivity index (χ2v) is 7.49. The fourth-order valence-corrected chi connectivity index (χ4v) is 3.99. The van der Waals surface area contributed by atoms with Gasteiger partial charge in [0.15, 0.2) is 5.16 Å². The molecule has 3 aromatic rings. The largest absolute Gasteiger partial charge is 0.310 e. The first-order valence-corrected chi connectivity index (χ1v) is 10.1. The summed E-state index contributed by atoms with van der Waals surface area (Å²) in [6.07, 6.45) is 1.63. The predicted octanol–water partition coefficient (Wildman–Crippen LogP) is 5.07. The number of aromatic nitrogens is 2. The Hall–Kier alpha value is -2.87. The van der Waals surface area contributed by atoms with Gasteiger partial charge in [-0.05, 0) is 49.1 Å². The summed E-state index contributed by atoms with van der Waals surface area (Å²) in [5, 5.41) is 3.08. The van der Waals surface area contributed by atoms with Crippen LogP contribution in [0.15, 0.2) is 41.6 Å². The average molecular weight is 415 g/mol. The van der Waals surface area contributed by atoms with Gasteiger partial charge in [-0.2, -0.15) is 0 Å². The van der Waals surface area contributed by atoms with Gasteiger partial charge >= 0.3 is 0 Å². The summed E-state index contributed by atoms with van der Waals surface area (Å²) in [4.78, 5) is 21.2. The van der Waals surface area contributed by atoms with E-state index in [1.807, 2.05) is 0 Å². The minimum atomic E-state index is -0.907. The summed E-state index contributed by atoms with van der Waals surface area (Å²) < 4.78 is 42.9. The molecular formula is C21H16F3N3OS. The molecule has 8 heteroatoms. The summed E-state index contributed by atoms with van der Waals surface area (Å²) in [7, 11) is 0. The van der Waals surface area contributed by atoms with Crippen molar-refractivity contribution in [2.75, 3.05) is 11.6 Å². The lowest BCUT2D eigenvalue weighted by atomic mass is 9.83. The second-order valence-electron chi connectivity index (χ2n) is 6.72. The number of anilines is 1. The Morgan fingerprint density at radius 2 is 1.79 bits per heavy atom. The van der Waals surface area contributed by atoms with Gasteiger partial charge in [-0.25, -0.2) is 23.1 Å². The van der Waals surface area contributed by atoms with E-state index in [4.69, 9.17) is 0 Å². The summed E-state index contributed by atoms with van der Waals surface area (Å²) in [5.41, 5.74) is 1.86. The first-order chi connectivity index (χ1) is 13.9. The zero-order chi connectivity index (χ0) is 20.7. The van der Waals surface area contributed by atoms with Gasteiger partial charge in [0.25, 0.3) is 0 Å². The van der Waals surface area contributed by atoms with Crippen molar-refractivity contribution in [1.29, 1.82) is 0 Å². The van der Waals surface area contributed by atoms with Crippen LogP contribution in [0.3, 0.4) is 0 Å². The lowest BCUT2D eigenvalue weighted by molar-refractivity contribution is -0.116. The topological polar surface area (TPSA) is 54.9 Å². The number of carbonyl (C=O) groups is 1. The van der Waals surface area contributed by atoms with Crippen LogP contribution in [-0.4, -0.2) is 22.1 Å². The number of aryl methyl sites for hydroxylation is 1. The lowest BCUT2D eigenvalue weighted by Gasteiger charge is -2.28. The lowest BCUT2D eigenvalue weighted by Crippen LogP contribution is -2.27. The van der Waals surface area contributed by atoms with Crippen molar-refractivity contribution < 1.29 is 18.0 Å². The molecule has 4 rings (SSSR count). The smallest absolute Gasteiger partial charge is 0.226 e. The van der Waals surface area contributed by atoms with Gasteiger partial charge in [-0.15, -0.1) is 0 Å². The molecule has 1 amide bonds. The van der Waals surface area contributed by atoms with Crippen LogP contribution in [0, 0.1) is 24.4 Å². The Kier molecular flexibility index (Phi) is 5.04. The van der Waals surface area contributed by atoms with Gasteiger partial charge in [-0.1, -0.05) is 17.8 Å². The second kappa shape index (κ2) is 7.51. The number of hydrogen-bond donors (Lipinski definition) is 1. The molecule has 1 unspecified atom stereocenters. The molecule has 1 aliphatic rings. The van der Waals surface area contributed by atoms with E-state index >= 15 is 0 Å². The highest BCUT2D eigenvalue weighted by Crippen LogP contribution is 2.44. The normalized spacial score (nSPS) is 15.8. The van der Waals surface area contributed by atoms with Crippen molar-refractivity contribution in [3.05, 3.63) is 70.5 Å². The van der Waals surface area contributed by atoms with Crippen LogP contribution in [0.5, 0.6) is 0 Å². The zero-order valence-electron chi connectivity index (χ0n) is 15.6. The zero-order valence-corrected chi connectivity index (χ0v) is 16.4. The Bertz CT molecular complexity index is 1120. The molecule has 0 fully saturated rings. The van der Waals surface area contributed by atoms with E-state index in [-0.39, 0.29) is 17.8 Å². The van der Waals surface area contributed by atoms with E-state index in [2.05, 4.69) is 15.3 Å². The summed E-state index contributed by atoms with van der Waals surface area (Å²) in [6, 6.07) is 7.83. The molecule has 0 radical (unpaired) electrons. The average Bonchev–Trinajstić information content (AvgIpc) is 2.66. The Morgan fingerprint density at radius 3 is 2.45 bits per heavy atom. The molecule has 29 heavy (non-hydrogen) atoms. The third-order valence-corrected chi connectivity index (χ3v) is 5.44.